The van der Waals surface area contributed by atoms with E-state index in [0.29, 0.717) is 22.9 Å². The van der Waals surface area contributed by atoms with Crippen LogP contribution in [0.15, 0.2) is 36.4 Å². The molecule has 0 bridgehead atoms. The Hall–Kier alpha value is -3.69. The fourth-order valence-corrected chi connectivity index (χ4v) is 3.26. The summed E-state index contributed by atoms with van der Waals surface area (Å²) in [5.74, 6) is -6.13. The highest BCUT2D eigenvalue weighted by atomic mass is 19.2. The highest BCUT2D eigenvalue weighted by molar-refractivity contribution is 6.02. The van der Waals surface area contributed by atoms with Gasteiger partial charge < -0.3 is 10.6 Å². The second-order valence-corrected chi connectivity index (χ2v) is 6.75. The Morgan fingerprint density at radius 1 is 1.10 bits per heavy atom. The minimum atomic E-state index is -1.72. The van der Waals surface area contributed by atoms with Gasteiger partial charge in [-0.25, -0.2) is 22.2 Å². The van der Waals surface area contributed by atoms with Gasteiger partial charge in [-0.05, 0) is 43.3 Å². The van der Waals surface area contributed by atoms with Gasteiger partial charge in [0.2, 0.25) is 11.8 Å². The molecule has 0 radical (unpaired) electrons. The first-order chi connectivity index (χ1) is 14.3. The van der Waals surface area contributed by atoms with E-state index in [2.05, 4.69) is 15.7 Å². The molecule has 2 N–H and O–H groups in total. The molecular weight excluding hydrogens is 404 g/mol. The van der Waals surface area contributed by atoms with Crippen molar-refractivity contribution in [2.45, 2.75) is 19.4 Å². The highest BCUT2D eigenvalue weighted by Crippen LogP contribution is 2.34. The van der Waals surface area contributed by atoms with Crippen molar-refractivity contribution < 1.29 is 27.2 Å². The summed E-state index contributed by atoms with van der Waals surface area (Å²) in [7, 11) is 0. The second kappa shape index (κ2) is 7.29. The van der Waals surface area contributed by atoms with E-state index in [9.17, 15) is 27.2 Å². The van der Waals surface area contributed by atoms with E-state index in [4.69, 9.17) is 0 Å². The zero-order valence-electron chi connectivity index (χ0n) is 15.5. The summed E-state index contributed by atoms with van der Waals surface area (Å²) in [5, 5.41) is 9.18. The van der Waals surface area contributed by atoms with Crippen LogP contribution in [0.2, 0.25) is 0 Å². The molecule has 154 valence electrons. The second-order valence-electron chi connectivity index (χ2n) is 6.75. The van der Waals surface area contributed by atoms with E-state index >= 15 is 0 Å². The molecule has 2 amide bonds. The lowest BCUT2D eigenvalue weighted by molar-refractivity contribution is -0.125. The quantitative estimate of drug-likeness (QED) is 0.500. The van der Waals surface area contributed by atoms with Crippen molar-refractivity contribution >= 4 is 23.3 Å². The lowest BCUT2D eigenvalue weighted by Crippen LogP contribution is -2.36. The summed E-state index contributed by atoms with van der Waals surface area (Å²) in [4.78, 5) is 24.9. The maximum atomic E-state index is 13.9. The van der Waals surface area contributed by atoms with Gasteiger partial charge in [0.1, 0.15) is 17.7 Å². The normalized spacial score (nSPS) is 15.5. The van der Waals surface area contributed by atoms with E-state index in [-0.39, 0.29) is 12.2 Å². The number of hydrogen-bond donors (Lipinski definition) is 2. The number of halogens is 4. The maximum Gasteiger partial charge on any atom is 0.249 e. The van der Waals surface area contributed by atoms with Crippen molar-refractivity contribution in [2.75, 3.05) is 10.6 Å². The molecule has 3 aromatic rings. The first-order valence-corrected chi connectivity index (χ1v) is 8.85. The Kier molecular flexibility index (Phi) is 4.76. The van der Waals surface area contributed by atoms with Crippen molar-refractivity contribution in [3.8, 4) is 11.3 Å². The first kappa shape index (κ1) is 19.6. The largest absolute Gasteiger partial charge is 0.322 e. The Labute approximate surface area is 167 Å². The highest BCUT2D eigenvalue weighted by Gasteiger charge is 2.34. The van der Waals surface area contributed by atoms with Crippen LogP contribution in [0.1, 0.15) is 18.0 Å². The fraction of sp³-hybridized carbons (Fsp3) is 0.150. The maximum absolute atomic E-state index is 13.9. The monoisotopic (exact) mass is 418 g/mol. The molecule has 10 heteroatoms. The van der Waals surface area contributed by atoms with Crippen molar-refractivity contribution in [3.63, 3.8) is 0 Å². The van der Waals surface area contributed by atoms with Gasteiger partial charge in [-0.1, -0.05) is 0 Å². The predicted molar refractivity (Wildman–Crippen MR) is 99.6 cm³/mol. The number of amides is 2. The van der Waals surface area contributed by atoms with E-state index < -0.39 is 46.8 Å². The van der Waals surface area contributed by atoms with Crippen LogP contribution < -0.4 is 10.6 Å². The van der Waals surface area contributed by atoms with E-state index in [1.54, 1.807) is 6.92 Å². The van der Waals surface area contributed by atoms with Gasteiger partial charge in [0.25, 0.3) is 0 Å². The smallest absolute Gasteiger partial charge is 0.249 e. The summed E-state index contributed by atoms with van der Waals surface area (Å²) < 4.78 is 55.0. The number of carbonyl (C=O) groups is 2. The molecule has 0 aliphatic carbocycles. The summed E-state index contributed by atoms with van der Waals surface area (Å²) in [5.41, 5.74) is 0.973. The Balaban J connectivity index is 1.70. The average Bonchev–Trinajstić information content (AvgIpc) is 3.05. The SMILES string of the molecule is Cc1c(-c2ccc(F)cc2)nn2c1NC(=O)CC2C(=O)Nc1ccc(F)c(F)c1F. The Bertz CT molecular complexity index is 1170. The lowest BCUT2D eigenvalue weighted by Gasteiger charge is -2.24. The molecule has 1 aromatic heterocycles. The van der Waals surface area contributed by atoms with Gasteiger partial charge in [-0.3, -0.25) is 9.59 Å². The van der Waals surface area contributed by atoms with Crippen LogP contribution >= 0.6 is 0 Å². The summed E-state index contributed by atoms with van der Waals surface area (Å²) in [6.07, 6.45) is -0.298. The molecule has 0 fully saturated rings. The van der Waals surface area contributed by atoms with Crippen LogP contribution in [0.25, 0.3) is 11.3 Å². The molecule has 30 heavy (non-hydrogen) atoms. The third kappa shape index (κ3) is 3.30. The van der Waals surface area contributed by atoms with Gasteiger partial charge >= 0.3 is 0 Å². The van der Waals surface area contributed by atoms with Crippen molar-refractivity contribution in [1.82, 2.24) is 9.78 Å². The van der Waals surface area contributed by atoms with Crippen LogP contribution in [0.5, 0.6) is 0 Å². The van der Waals surface area contributed by atoms with Crippen LogP contribution in [0.4, 0.5) is 29.1 Å². The zero-order chi connectivity index (χ0) is 21.6. The van der Waals surface area contributed by atoms with Crippen LogP contribution in [-0.4, -0.2) is 21.6 Å². The third-order valence-electron chi connectivity index (χ3n) is 4.79. The zero-order valence-corrected chi connectivity index (χ0v) is 15.5. The van der Waals surface area contributed by atoms with Gasteiger partial charge in [0.05, 0.1) is 17.8 Å². The van der Waals surface area contributed by atoms with Crippen LogP contribution in [-0.2, 0) is 9.59 Å². The standard InChI is InChI=1S/C20H14F4N4O2/c1-9-18(10-2-4-11(21)5-3-10)27-28-14(8-15(29)26-19(9)28)20(30)25-13-7-6-12(22)16(23)17(13)24/h2-7,14H,8H2,1H3,(H,25,30)(H,26,29). The predicted octanol–water partition coefficient (Wildman–Crippen LogP) is 3.94. The van der Waals surface area contributed by atoms with Gasteiger partial charge in [0.15, 0.2) is 17.5 Å². The Morgan fingerprint density at radius 3 is 2.50 bits per heavy atom. The van der Waals surface area contributed by atoms with Gasteiger partial charge in [-0.15, -0.1) is 0 Å². The summed E-state index contributed by atoms with van der Waals surface area (Å²) in [6, 6.07) is 5.91. The minimum Gasteiger partial charge on any atom is -0.322 e. The molecule has 0 saturated carbocycles. The van der Waals surface area contributed by atoms with Gasteiger partial charge in [-0.2, -0.15) is 5.10 Å². The molecule has 6 nitrogen and oxygen atoms in total. The topological polar surface area (TPSA) is 76.0 Å². The minimum absolute atomic E-state index is 0.261. The summed E-state index contributed by atoms with van der Waals surface area (Å²) in [6.45, 7) is 1.67. The van der Waals surface area contributed by atoms with Crippen LogP contribution in [0.3, 0.4) is 0 Å². The van der Waals surface area contributed by atoms with Crippen molar-refractivity contribution in [3.05, 3.63) is 65.2 Å². The molecule has 4 rings (SSSR count). The molecule has 1 unspecified atom stereocenters. The van der Waals surface area contributed by atoms with Crippen molar-refractivity contribution in [2.24, 2.45) is 0 Å². The molecule has 2 aromatic carbocycles. The number of rotatable bonds is 3. The number of fused-ring (bicyclic) bond motifs is 1. The number of nitrogens with one attached hydrogen (secondary N) is 2. The van der Waals surface area contributed by atoms with Crippen LogP contribution in [0, 0.1) is 30.2 Å². The lowest BCUT2D eigenvalue weighted by atomic mass is 10.1. The number of nitrogens with zero attached hydrogens (tertiary/aromatic N) is 2. The number of anilines is 2. The molecule has 1 aliphatic rings. The molecule has 1 atom stereocenters. The molecule has 0 spiro atoms. The number of hydrogen-bond acceptors (Lipinski definition) is 3. The molecule has 0 saturated heterocycles. The number of carbonyl (C=O) groups excluding carboxylic acids is 2. The Morgan fingerprint density at radius 2 is 1.80 bits per heavy atom. The third-order valence-corrected chi connectivity index (χ3v) is 4.79. The fourth-order valence-electron chi connectivity index (χ4n) is 3.26. The average molecular weight is 418 g/mol. The van der Waals surface area contributed by atoms with E-state index in [0.717, 1.165) is 6.07 Å². The van der Waals surface area contributed by atoms with E-state index in [1.807, 2.05) is 0 Å². The number of benzene rings is 2. The molecule has 2 heterocycles. The summed E-state index contributed by atoms with van der Waals surface area (Å²) >= 11 is 0. The van der Waals surface area contributed by atoms with Crippen molar-refractivity contribution in [1.29, 1.82) is 0 Å². The first-order valence-electron chi connectivity index (χ1n) is 8.85. The number of aromatic nitrogens is 2. The molecular formula is C20H14F4N4O2. The molecule has 1 aliphatic heterocycles. The van der Waals surface area contributed by atoms with E-state index in [1.165, 1.54) is 28.9 Å². The van der Waals surface area contributed by atoms with Gasteiger partial charge in [0, 0.05) is 11.1 Å².